The second-order valence-electron chi connectivity index (χ2n) is 6.77. The van der Waals surface area contributed by atoms with Crippen molar-refractivity contribution in [1.29, 1.82) is 0 Å². The van der Waals surface area contributed by atoms with Gasteiger partial charge in [-0.3, -0.25) is 9.59 Å². The third-order valence-electron chi connectivity index (χ3n) is 4.14. The Morgan fingerprint density at radius 2 is 1.58 bits per heavy atom. The second kappa shape index (κ2) is 9.42. The quantitative estimate of drug-likeness (QED) is 0.672. The number of ether oxygens (including phenoxy) is 1. The molecule has 5 heteroatoms. The average molecular weight is 335 g/mol. The van der Waals surface area contributed by atoms with E-state index in [-0.39, 0.29) is 11.7 Å². The van der Waals surface area contributed by atoms with E-state index in [0.717, 1.165) is 6.54 Å². The van der Waals surface area contributed by atoms with Gasteiger partial charge in [0.15, 0.2) is 11.9 Å². The normalized spacial score (nSPS) is 12.5. The molecule has 0 aliphatic rings. The van der Waals surface area contributed by atoms with Gasteiger partial charge in [0.2, 0.25) is 0 Å². The Bertz CT molecular complexity index is 530. The molecule has 0 saturated heterocycles. The summed E-state index contributed by atoms with van der Waals surface area (Å²) in [6.07, 6.45) is -0.574. The number of benzene rings is 1. The van der Waals surface area contributed by atoms with Crippen LogP contribution >= 0.6 is 0 Å². The summed E-state index contributed by atoms with van der Waals surface area (Å²) in [5.41, 5.74) is 0.630. The summed E-state index contributed by atoms with van der Waals surface area (Å²) in [5, 5.41) is 2.93. The van der Waals surface area contributed by atoms with Crippen LogP contribution in [0.15, 0.2) is 24.3 Å². The highest BCUT2D eigenvalue weighted by Gasteiger charge is 2.19. The van der Waals surface area contributed by atoms with E-state index in [4.69, 9.17) is 4.74 Å². The highest BCUT2D eigenvalue weighted by Crippen LogP contribution is 2.14. The first-order chi connectivity index (χ1) is 11.2. The molecule has 0 unspecified atom stereocenters. The lowest BCUT2D eigenvalue weighted by molar-refractivity contribution is -0.941. The number of carbonyl (C=O) groups is 2. The predicted octanol–water partition coefficient (Wildman–Crippen LogP) is 1.47. The molecule has 0 radical (unpaired) electrons. The maximum absolute atomic E-state index is 12.1. The minimum Gasteiger partial charge on any atom is -0.481 e. The van der Waals surface area contributed by atoms with Crippen LogP contribution in [0.25, 0.3) is 0 Å². The summed E-state index contributed by atoms with van der Waals surface area (Å²) in [5.74, 6) is 0.464. The minimum atomic E-state index is -0.574. The molecule has 5 nitrogen and oxygen atoms in total. The predicted molar refractivity (Wildman–Crippen MR) is 95.6 cm³/mol. The first kappa shape index (κ1) is 20.2. The van der Waals surface area contributed by atoms with Gasteiger partial charge in [0.1, 0.15) is 5.75 Å². The molecule has 0 aliphatic heterocycles. The summed E-state index contributed by atoms with van der Waals surface area (Å²) in [6.45, 7) is 13.5. The number of hydrogen-bond acceptors (Lipinski definition) is 3. The number of Topliss-reactive ketones (excluding diaryl/α,β-unsaturated/α-hetero) is 1. The molecule has 1 rings (SSSR count). The smallest absolute Gasteiger partial charge is 0.260 e. The molecule has 2 N–H and O–H groups in total. The molecule has 0 aromatic heterocycles. The van der Waals surface area contributed by atoms with E-state index in [1.807, 2.05) is 0 Å². The number of rotatable bonds is 9. The third-order valence-corrected chi connectivity index (χ3v) is 4.14. The van der Waals surface area contributed by atoms with E-state index in [9.17, 15) is 9.59 Å². The zero-order valence-electron chi connectivity index (χ0n) is 15.7. The van der Waals surface area contributed by atoms with Gasteiger partial charge < -0.3 is 15.0 Å². The van der Waals surface area contributed by atoms with Crippen LogP contribution in [0.1, 0.15) is 51.9 Å². The summed E-state index contributed by atoms with van der Waals surface area (Å²) in [6, 6.07) is 7.88. The van der Waals surface area contributed by atoms with Gasteiger partial charge in [-0.1, -0.05) is 0 Å². The summed E-state index contributed by atoms with van der Waals surface area (Å²) in [4.78, 5) is 24.9. The van der Waals surface area contributed by atoms with Crippen LogP contribution in [0.4, 0.5) is 0 Å². The lowest BCUT2D eigenvalue weighted by Gasteiger charge is -2.27. The third kappa shape index (κ3) is 6.32. The Hall–Kier alpha value is -1.88. The fraction of sp³-hybridized carbons (Fsp3) is 0.579. The van der Waals surface area contributed by atoms with E-state index in [1.165, 1.54) is 11.8 Å². The molecule has 0 spiro atoms. The fourth-order valence-electron chi connectivity index (χ4n) is 2.74. The average Bonchev–Trinajstić information content (AvgIpc) is 2.50. The van der Waals surface area contributed by atoms with Gasteiger partial charge in [-0.05, 0) is 65.8 Å². The van der Waals surface area contributed by atoms with Crippen LogP contribution in [0.2, 0.25) is 0 Å². The molecular weight excluding hydrogens is 304 g/mol. The van der Waals surface area contributed by atoms with E-state index in [0.29, 0.717) is 29.9 Å². The largest absolute Gasteiger partial charge is 0.481 e. The van der Waals surface area contributed by atoms with Crippen molar-refractivity contribution >= 4 is 11.7 Å². The molecule has 1 aromatic rings. The molecule has 134 valence electrons. The lowest BCUT2D eigenvalue weighted by atomic mass is 10.1. The fourth-order valence-corrected chi connectivity index (χ4v) is 2.74. The molecule has 0 fully saturated rings. The monoisotopic (exact) mass is 335 g/mol. The van der Waals surface area contributed by atoms with Crippen molar-refractivity contribution in [1.82, 2.24) is 5.32 Å². The Kier molecular flexibility index (Phi) is 7.92. The van der Waals surface area contributed by atoms with Crippen molar-refractivity contribution < 1.29 is 19.2 Å². The molecule has 0 saturated carbocycles. The molecule has 0 heterocycles. The minimum absolute atomic E-state index is 0.00898. The Morgan fingerprint density at radius 1 is 1.04 bits per heavy atom. The van der Waals surface area contributed by atoms with Crippen molar-refractivity contribution in [2.75, 3.05) is 13.1 Å². The molecule has 0 aliphatic carbocycles. The second-order valence-corrected chi connectivity index (χ2v) is 6.77. The van der Waals surface area contributed by atoms with Gasteiger partial charge in [-0.15, -0.1) is 0 Å². The van der Waals surface area contributed by atoms with Gasteiger partial charge in [0, 0.05) is 5.56 Å². The SMILES string of the molecule is CC(=O)c1ccc(O[C@H](C)C(=O)NCC[NH+](C(C)C)C(C)C)cc1. The Morgan fingerprint density at radius 3 is 2.04 bits per heavy atom. The van der Waals surface area contributed by atoms with E-state index in [1.54, 1.807) is 31.2 Å². The molecule has 0 bridgehead atoms. The van der Waals surface area contributed by atoms with Gasteiger partial charge in [-0.2, -0.15) is 0 Å². The van der Waals surface area contributed by atoms with Crippen LogP contribution in [0.5, 0.6) is 5.75 Å². The van der Waals surface area contributed by atoms with E-state index < -0.39 is 6.10 Å². The van der Waals surface area contributed by atoms with E-state index >= 15 is 0 Å². The lowest BCUT2D eigenvalue weighted by Crippen LogP contribution is -3.18. The molecule has 1 atom stereocenters. The summed E-state index contributed by atoms with van der Waals surface area (Å²) >= 11 is 0. The molecular formula is C19H31N2O3+. The molecule has 1 aromatic carbocycles. The van der Waals surface area contributed by atoms with Crippen LogP contribution in [0, 0.1) is 0 Å². The number of ketones is 1. The zero-order chi connectivity index (χ0) is 18.3. The van der Waals surface area contributed by atoms with Gasteiger partial charge in [0.25, 0.3) is 5.91 Å². The van der Waals surface area contributed by atoms with Crippen LogP contribution < -0.4 is 15.0 Å². The highest BCUT2D eigenvalue weighted by atomic mass is 16.5. The zero-order valence-corrected chi connectivity index (χ0v) is 15.7. The maximum Gasteiger partial charge on any atom is 0.260 e. The number of amides is 1. The van der Waals surface area contributed by atoms with Crippen molar-refractivity contribution in [2.45, 2.75) is 59.7 Å². The maximum atomic E-state index is 12.1. The highest BCUT2D eigenvalue weighted by molar-refractivity contribution is 5.94. The molecule has 1 amide bonds. The summed E-state index contributed by atoms with van der Waals surface area (Å²) in [7, 11) is 0. The standard InChI is InChI=1S/C19H30N2O3/c1-13(2)21(14(3)4)12-11-20-19(23)16(6)24-18-9-7-17(8-10-18)15(5)22/h7-10,13-14,16H,11-12H2,1-6H3,(H,20,23)/p+1/t16-/m1/s1. The van der Waals surface area contributed by atoms with Crippen molar-refractivity contribution in [3.05, 3.63) is 29.8 Å². The molecule has 24 heavy (non-hydrogen) atoms. The van der Waals surface area contributed by atoms with Crippen LogP contribution in [-0.2, 0) is 4.79 Å². The first-order valence-corrected chi connectivity index (χ1v) is 8.63. The topological polar surface area (TPSA) is 59.8 Å². The number of hydrogen-bond donors (Lipinski definition) is 2. The number of nitrogens with one attached hydrogen (secondary N) is 2. The van der Waals surface area contributed by atoms with Gasteiger partial charge in [-0.25, -0.2) is 0 Å². The number of carbonyl (C=O) groups excluding carboxylic acids is 2. The Balaban J connectivity index is 2.46. The van der Waals surface area contributed by atoms with Crippen LogP contribution in [-0.4, -0.2) is 43.0 Å². The number of quaternary nitrogens is 1. The Labute approximate surface area is 145 Å². The van der Waals surface area contributed by atoms with Gasteiger partial charge in [0.05, 0.1) is 25.2 Å². The first-order valence-electron chi connectivity index (χ1n) is 8.63. The van der Waals surface area contributed by atoms with Crippen molar-refractivity contribution in [3.63, 3.8) is 0 Å². The van der Waals surface area contributed by atoms with Crippen LogP contribution in [0.3, 0.4) is 0 Å². The van der Waals surface area contributed by atoms with E-state index in [2.05, 4.69) is 33.0 Å². The van der Waals surface area contributed by atoms with Crippen molar-refractivity contribution in [2.24, 2.45) is 0 Å². The summed E-state index contributed by atoms with van der Waals surface area (Å²) < 4.78 is 5.63. The van der Waals surface area contributed by atoms with Gasteiger partial charge >= 0.3 is 0 Å². The van der Waals surface area contributed by atoms with Crippen molar-refractivity contribution in [3.8, 4) is 5.75 Å².